The first-order chi connectivity index (χ1) is 7.70. The van der Waals surface area contributed by atoms with Gasteiger partial charge in [0.05, 0.1) is 0 Å². The van der Waals surface area contributed by atoms with Crippen LogP contribution in [0, 0.1) is 0 Å². The maximum atomic E-state index is 9.46. The van der Waals surface area contributed by atoms with E-state index >= 15 is 0 Å². The minimum atomic E-state index is -0.138. The normalized spacial score (nSPS) is 10.1. The van der Waals surface area contributed by atoms with Crippen molar-refractivity contribution in [1.29, 1.82) is 0 Å². The van der Waals surface area contributed by atoms with E-state index in [-0.39, 0.29) is 5.05 Å². The first-order valence-electron chi connectivity index (χ1n) is 4.77. The van der Waals surface area contributed by atoms with Crippen molar-refractivity contribution in [3.63, 3.8) is 0 Å². The lowest BCUT2D eigenvalue weighted by atomic mass is 10.00. The second-order valence-corrected chi connectivity index (χ2v) is 4.13. The fourth-order valence-corrected chi connectivity index (χ4v) is 2.05. The molecule has 2 rings (SSSR count). The highest BCUT2D eigenvalue weighted by molar-refractivity contribution is 7.80. The van der Waals surface area contributed by atoms with Crippen molar-refractivity contribution < 1.29 is 5.11 Å². The van der Waals surface area contributed by atoms with Crippen molar-refractivity contribution in [3.05, 3.63) is 59.1 Å². The van der Waals surface area contributed by atoms with E-state index in [4.69, 9.17) is 23.8 Å². The molecular weight excluding hydrogens is 240 g/mol. The lowest BCUT2D eigenvalue weighted by Gasteiger charge is -2.09. The first kappa shape index (κ1) is 11.1. The number of benzene rings is 2. The van der Waals surface area contributed by atoms with E-state index in [1.807, 2.05) is 30.3 Å². The van der Waals surface area contributed by atoms with E-state index in [0.29, 0.717) is 10.6 Å². The molecule has 0 bridgehead atoms. The van der Waals surface area contributed by atoms with Crippen molar-refractivity contribution in [1.82, 2.24) is 0 Å². The average molecular weight is 249 g/mol. The molecule has 0 amide bonds. The van der Waals surface area contributed by atoms with Gasteiger partial charge < -0.3 is 5.11 Å². The van der Waals surface area contributed by atoms with Gasteiger partial charge in [-0.05, 0) is 29.9 Å². The van der Waals surface area contributed by atoms with Gasteiger partial charge in [0.25, 0.3) is 0 Å². The molecule has 0 aliphatic heterocycles. The van der Waals surface area contributed by atoms with Crippen LogP contribution in [-0.2, 0) is 0 Å². The number of hydrogen-bond acceptors (Lipinski definition) is 1. The van der Waals surface area contributed by atoms with Gasteiger partial charge in [0.1, 0.15) is 0 Å². The van der Waals surface area contributed by atoms with Gasteiger partial charge in [0.2, 0.25) is 0 Å². The van der Waals surface area contributed by atoms with Gasteiger partial charge in [-0.3, -0.25) is 0 Å². The number of thiocarbonyl (C=S) groups is 1. The van der Waals surface area contributed by atoms with Crippen molar-refractivity contribution in [3.8, 4) is 11.1 Å². The van der Waals surface area contributed by atoms with E-state index in [2.05, 4.69) is 0 Å². The van der Waals surface area contributed by atoms with Crippen LogP contribution in [0.4, 0.5) is 0 Å². The van der Waals surface area contributed by atoms with Crippen LogP contribution in [0.1, 0.15) is 5.56 Å². The summed E-state index contributed by atoms with van der Waals surface area (Å²) in [6.45, 7) is 0. The maximum Gasteiger partial charge on any atom is 0.189 e. The van der Waals surface area contributed by atoms with Crippen LogP contribution < -0.4 is 0 Å². The van der Waals surface area contributed by atoms with Gasteiger partial charge >= 0.3 is 0 Å². The molecule has 2 aromatic rings. The Labute approximate surface area is 104 Å². The number of aliphatic hydroxyl groups excluding tert-OH is 1. The molecule has 80 valence electrons. The maximum absolute atomic E-state index is 9.46. The molecule has 0 heterocycles. The number of halogens is 1. The van der Waals surface area contributed by atoms with Crippen LogP contribution in [0.25, 0.3) is 11.1 Å². The van der Waals surface area contributed by atoms with Crippen LogP contribution in [0.3, 0.4) is 0 Å². The molecule has 0 unspecified atom stereocenters. The third-order valence-electron chi connectivity index (χ3n) is 2.31. The third kappa shape index (κ3) is 2.08. The molecule has 0 saturated carbocycles. The Hall–Kier alpha value is -1.38. The van der Waals surface area contributed by atoms with Crippen LogP contribution in [0.15, 0.2) is 48.5 Å². The zero-order chi connectivity index (χ0) is 11.5. The van der Waals surface area contributed by atoms with Gasteiger partial charge in [0, 0.05) is 16.1 Å². The molecule has 1 nitrogen and oxygen atoms in total. The molecule has 0 aromatic heterocycles. The topological polar surface area (TPSA) is 20.2 Å². The Balaban J connectivity index is 2.68. The van der Waals surface area contributed by atoms with Crippen LogP contribution in [0.2, 0.25) is 5.02 Å². The second-order valence-electron chi connectivity index (χ2n) is 3.33. The summed E-state index contributed by atoms with van der Waals surface area (Å²) in [6, 6.07) is 14.9. The molecule has 0 spiro atoms. The highest BCUT2D eigenvalue weighted by atomic mass is 35.5. The Morgan fingerprint density at radius 1 is 1.00 bits per heavy atom. The highest BCUT2D eigenvalue weighted by Crippen LogP contribution is 2.31. The minimum absolute atomic E-state index is 0.138. The molecule has 0 aliphatic rings. The largest absolute Gasteiger partial charge is 0.499 e. The first-order valence-corrected chi connectivity index (χ1v) is 5.56. The molecule has 16 heavy (non-hydrogen) atoms. The summed E-state index contributed by atoms with van der Waals surface area (Å²) in [5, 5.41) is 9.91. The summed E-state index contributed by atoms with van der Waals surface area (Å²) in [5.41, 5.74) is 2.31. The Kier molecular flexibility index (Phi) is 3.22. The molecule has 1 N–H and O–H groups in total. The van der Waals surface area contributed by atoms with Crippen LogP contribution in [0.5, 0.6) is 0 Å². The molecule has 0 atom stereocenters. The van der Waals surface area contributed by atoms with Crippen molar-refractivity contribution >= 4 is 28.9 Å². The van der Waals surface area contributed by atoms with Crippen LogP contribution >= 0.6 is 23.8 Å². The monoisotopic (exact) mass is 248 g/mol. The second kappa shape index (κ2) is 4.64. The molecule has 3 heteroatoms. The molecule has 0 aliphatic carbocycles. The summed E-state index contributed by atoms with van der Waals surface area (Å²) in [5.74, 6) is 0. The van der Waals surface area contributed by atoms with Crippen molar-refractivity contribution in [2.75, 3.05) is 0 Å². The standard InChI is InChI=1S/C13H9ClOS/c14-11-8-4-7-10(13(15)16)12(11)9-5-2-1-3-6-9/h1-8H,(H,15,16). The molecule has 0 saturated heterocycles. The summed E-state index contributed by atoms with van der Waals surface area (Å²) < 4.78 is 0. The number of rotatable bonds is 2. The predicted octanol–water partition coefficient (Wildman–Crippen LogP) is 4.24. The van der Waals surface area contributed by atoms with Gasteiger partial charge in [-0.2, -0.15) is 0 Å². The molecular formula is C13H9ClOS. The van der Waals surface area contributed by atoms with Crippen molar-refractivity contribution in [2.45, 2.75) is 0 Å². The lowest BCUT2D eigenvalue weighted by molar-refractivity contribution is 0.571. The van der Waals surface area contributed by atoms with Gasteiger partial charge in [-0.1, -0.05) is 48.0 Å². The van der Waals surface area contributed by atoms with Crippen LogP contribution in [-0.4, -0.2) is 10.2 Å². The SMILES string of the molecule is OC(=S)c1cccc(Cl)c1-c1ccccc1. The Morgan fingerprint density at radius 2 is 1.69 bits per heavy atom. The quantitative estimate of drug-likeness (QED) is 0.803. The predicted molar refractivity (Wildman–Crippen MR) is 71.2 cm³/mol. The molecule has 2 aromatic carbocycles. The van der Waals surface area contributed by atoms with Gasteiger partial charge in [0.15, 0.2) is 5.05 Å². The Morgan fingerprint density at radius 3 is 2.31 bits per heavy atom. The number of aliphatic hydroxyl groups is 1. The molecule has 0 radical (unpaired) electrons. The van der Waals surface area contributed by atoms with Gasteiger partial charge in [-0.15, -0.1) is 0 Å². The fraction of sp³-hybridized carbons (Fsp3) is 0. The van der Waals surface area contributed by atoms with Crippen molar-refractivity contribution in [2.24, 2.45) is 0 Å². The third-order valence-corrected chi connectivity index (χ3v) is 2.84. The Bertz CT molecular complexity index is 523. The van der Waals surface area contributed by atoms with E-state index < -0.39 is 0 Å². The summed E-state index contributed by atoms with van der Waals surface area (Å²) >= 11 is 10.9. The zero-order valence-electron chi connectivity index (χ0n) is 8.35. The van der Waals surface area contributed by atoms with E-state index in [0.717, 1.165) is 11.1 Å². The van der Waals surface area contributed by atoms with Gasteiger partial charge in [-0.25, -0.2) is 0 Å². The zero-order valence-corrected chi connectivity index (χ0v) is 9.92. The molecule has 0 fully saturated rings. The fourth-order valence-electron chi connectivity index (χ4n) is 1.60. The van der Waals surface area contributed by atoms with E-state index in [1.165, 1.54) is 0 Å². The minimum Gasteiger partial charge on any atom is -0.499 e. The highest BCUT2D eigenvalue weighted by Gasteiger charge is 2.11. The summed E-state index contributed by atoms with van der Waals surface area (Å²) in [4.78, 5) is 0. The average Bonchev–Trinajstić information content (AvgIpc) is 2.29. The lowest BCUT2D eigenvalue weighted by Crippen LogP contribution is -1.98. The van der Waals surface area contributed by atoms with E-state index in [9.17, 15) is 5.11 Å². The number of hydrogen-bond donors (Lipinski definition) is 1. The summed E-state index contributed by atoms with van der Waals surface area (Å²) in [6.07, 6.45) is 0. The summed E-state index contributed by atoms with van der Waals surface area (Å²) in [7, 11) is 0. The van der Waals surface area contributed by atoms with E-state index in [1.54, 1.807) is 18.2 Å². The smallest absolute Gasteiger partial charge is 0.189 e.